The predicted octanol–water partition coefficient (Wildman–Crippen LogP) is 1.14. The first-order valence-electron chi connectivity index (χ1n) is 4.41. The van der Waals surface area contributed by atoms with Crippen molar-refractivity contribution in [3.05, 3.63) is 0 Å². The van der Waals surface area contributed by atoms with Crippen molar-refractivity contribution >= 4 is 11.9 Å². The molecule has 4 nitrogen and oxygen atoms in total. The molecule has 0 N–H and O–H groups in total. The smallest absolute Gasteiger partial charge is 0.417 e. The molecule has 0 amide bonds. The summed E-state index contributed by atoms with van der Waals surface area (Å²) in [5.41, 5.74) is 0. The van der Waals surface area contributed by atoms with Crippen LogP contribution in [0.3, 0.4) is 0 Å². The number of carbonyl (C=O) groups excluding carboxylic acids is 2. The Bertz CT molecular complexity index is 174. The van der Waals surface area contributed by atoms with Crippen molar-refractivity contribution in [2.75, 3.05) is 13.2 Å². The van der Waals surface area contributed by atoms with Gasteiger partial charge in [0.05, 0.1) is 13.2 Å². The second-order valence-corrected chi connectivity index (χ2v) is 3.13. The molecule has 0 unspecified atom stereocenters. The van der Waals surface area contributed by atoms with Crippen LogP contribution in [0.4, 0.5) is 0 Å². The third kappa shape index (κ3) is 6.13. The van der Waals surface area contributed by atoms with Gasteiger partial charge in [0, 0.05) is 0 Å². The molecule has 0 aromatic rings. The van der Waals surface area contributed by atoms with Crippen LogP contribution in [-0.4, -0.2) is 25.2 Å². The molecule has 0 fully saturated rings. The Morgan fingerprint density at radius 1 is 1.15 bits per heavy atom. The van der Waals surface area contributed by atoms with E-state index in [1.807, 2.05) is 20.8 Å². The largest absolute Gasteiger partial charge is 0.457 e. The summed E-state index contributed by atoms with van der Waals surface area (Å²) >= 11 is 0. The molecule has 0 aromatic carbocycles. The first-order chi connectivity index (χ1) is 6.07. The molecule has 0 rings (SSSR count). The van der Waals surface area contributed by atoms with Crippen LogP contribution in [0.2, 0.25) is 0 Å². The number of esters is 2. The molecule has 0 aliphatic carbocycles. The Labute approximate surface area is 78.2 Å². The number of rotatable bonds is 4. The summed E-state index contributed by atoms with van der Waals surface area (Å²) in [5, 5.41) is 0. The Hall–Kier alpha value is -1.06. The fourth-order valence-electron chi connectivity index (χ4n) is 0.555. The van der Waals surface area contributed by atoms with E-state index >= 15 is 0 Å². The number of ether oxygens (including phenoxy) is 2. The van der Waals surface area contributed by atoms with E-state index in [0.29, 0.717) is 6.42 Å². The maximum atomic E-state index is 10.9. The molecule has 76 valence electrons. The summed E-state index contributed by atoms with van der Waals surface area (Å²) in [4.78, 5) is 21.7. The van der Waals surface area contributed by atoms with E-state index in [1.165, 1.54) is 0 Å². The highest BCUT2D eigenvalue weighted by Gasteiger charge is 2.16. The molecule has 0 radical (unpaired) electrons. The lowest BCUT2D eigenvalue weighted by atomic mass is 10.2. The maximum absolute atomic E-state index is 10.9. The Morgan fingerprint density at radius 2 is 1.69 bits per heavy atom. The topological polar surface area (TPSA) is 52.6 Å². The van der Waals surface area contributed by atoms with Gasteiger partial charge >= 0.3 is 11.9 Å². The lowest BCUT2D eigenvalue weighted by Gasteiger charge is -2.06. The summed E-state index contributed by atoms with van der Waals surface area (Å²) in [6.45, 7) is 6.15. The number of hydrogen-bond donors (Lipinski definition) is 0. The second-order valence-electron chi connectivity index (χ2n) is 3.13. The van der Waals surface area contributed by atoms with Crippen LogP contribution in [0.15, 0.2) is 0 Å². The zero-order valence-electron chi connectivity index (χ0n) is 8.33. The molecule has 0 aliphatic rings. The molecule has 0 heterocycles. The van der Waals surface area contributed by atoms with Gasteiger partial charge in [-0.25, -0.2) is 9.59 Å². The summed E-state index contributed by atoms with van der Waals surface area (Å²) in [7, 11) is 0. The van der Waals surface area contributed by atoms with E-state index < -0.39 is 11.9 Å². The van der Waals surface area contributed by atoms with Gasteiger partial charge in [-0.15, -0.1) is 0 Å². The Balaban J connectivity index is 3.64. The highest BCUT2D eigenvalue weighted by molar-refractivity contribution is 6.29. The SMILES string of the molecule is CCCOC(=O)C(=O)OCC(C)C. The molecular formula is C9H16O4. The van der Waals surface area contributed by atoms with Crippen molar-refractivity contribution in [3.8, 4) is 0 Å². The fourth-order valence-corrected chi connectivity index (χ4v) is 0.555. The molecule has 0 aromatic heterocycles. The minimum absolute atomic E-state index is 0.225. The Morgan fingerprint density at radius 3 is 2.15 bits per heavy atom. The molecule has 0 aliphatic heterocycles. The van der Waals surface area contributed by atoms with Crippen molar-refractivity contribution in [2.24, 2.45) is 5.92 Å². The highest BCUT2D eigenvalue weighted by atomic mass is 16.6. The van der Waals surface area contributed by atoms with Crippen LogP contribution in [0, 0.1) is 5.92 Å². The van der Waals surface area contributed by atoms with Crippen LogP contribution in [0.25, 0.3) is 0 Å². The molecule has 4 heteroatoms. The minimum atomic E-state index is -0.901. The van der Waals surface area contributed by atoms with Gasteiger partial charge in [0.15, 0.2) is 0 Å². The maximum Gasteiger partial charge on any atom is 0.417 e. The Kier molecular flexibility index (Phi) is 5.93. The first kappa shape index (κ1) is 11.9. The summed E-state index contributed by atoms with van der Waals surface area (Å²) in [6.07, 6.45) is 0.698. The third-order valence-electron chi connectivity index (χ3n) is 1.15. The summed E-state index contributed by atoms with van der Waals surface area (Å²) in [6, 6.07) is 0. The second kappa shape index (κ2) is 6.46. The first-order valence-corrected chi connectivity index (χ1v) is 4.41. The van der Waals surface area contributed by atoms with Gasteiger partial charge in [0.1, 0.15) is 0 Å². The van der Waals surface area contributed by atoms with E-state index in [-0.39, 0.29) is 19.1 Å². The molecule has 0 saturated carbocycles. The highest BCUT2D eigenvalue weighted by Crippen LogP contribution is 1.94. The van der Waals surface area contributed by atoms with Crippen molar-refractivity contribution in [3.63, 3.8) is 0 Å². The average molecular weight is 188 g/mol. The molecule has 0 atom stereocenters. The average Bonchev–Trinajstić information content (AvgIpc) is 2.10. The zero-order valence-corrected chi connectivity index (χ0v) is 8.33. The van der Waals surface area contributed by atoms with E-state index in [0.717, 1.165) is 0 Å². The van der Waals surface area contributed by atoms with Crippen molar-refractivity contribution in [2.45, 2.75) is 27.2 Å². The lowest BCUT2D eigenvalue weighted by molar-refractivity contribution is -0.168. The van der Waals surface area contributed by atoms with E-state index in [4.69, 9.17) is 0 Å². The fraction of sp³-hybridized carbons (Fsp3) is 0.778. The van der Waals surface area contributed by atoms with Crippen LogP contribution in [0.5, 0.6) is 0 Å². The third-order valence-corrected chi connectivity index (χ3v) is 1.15. The van der Waals surface area contributed by atoms with Crippen LogP contribution in [0.1, 0.15) is 27.2 Å². The van der Waals surface area contributed by atoms with Crippen molar-refractivity contribution < 1.29 is 19.1 Å². The van der Waals surface area contributed by atoms with Crippen LogP contribution < -0.4 is 0 Å². The standard InChI is InChI=1S/C9H16O4/c1-4-5-12-8(10)9(11)13-6-7(2)3/h7H,4-6H2,1-3H3. The normalized spacial score (nSPS) is 9.85. The van der Waals surface area contributed by atoms with Gasteiger partial charge in [-0.3, -0.25) is 0 Å². The summed E-state index contributed by atoms with van der Waals surface area (Å²) < 4.78 is 9.22. The zero-order chi connectivity index (χ0) is 10.3. The summed E-state index contributed by atoms with van der Waals surface area (Å²) in [5.74, 6) is -1.58. The molecule has 13 heavy (non-hydrogen) atoms. The van der Waals surface area contributed by atoms with Gasteiger partial charge in [-0.05, 0) is 12.3 Å². The van der Waals surface area contributed by atoms with Crippen LogP contribution in [-0.2, 0) is 19.1 Å². The van der Waals surface area contributed by atoms with Gasteiger partial charge < -0.3 is 9.47 Å². The molecule has 0 bridgehead atoms. The van der Waals surface area contributed by atoms with Crippen molar-refractivity contribution in [1.29, 1.82) is 0 Å². The van der Waals surface area contributed by atoms with Gasteiger partial charge in [0.2, 0.25) is 0 Å². The minimum Gasteiger partial charge on any atom is -0.457 e. The van der Waals surface area contributed by atoms with Gasteiger partial charge in [-0.1, -0.05) is 20.8 Å². The molecule has 0 saturated heterocycles. The predicted molar refractivity (Wildman–Crippen MR) is 47.0 cm³/mol. The number of carbonyl (C=O) groups is 2. The lowest BCUT2D eigenvalue weighted by Crippen LogP contribution is -2.22. The van der Waals surface area contributed by atoms with Crippen LogP contribution >= 0.6 is 0 Å². The van der Waals surface area contributed by atoms with E-state index in [9.17, 15) is 9.59 Å². The van der Waals surface area contributed by atoms with Gasteiger partial charge in [0.25, 0.3) is 0 Å². The van der Waals surface area contributed by atoms with Gasteiger partial charge in [-0.2, -0.15) is 0 Å². The van der Waals surface area contributed by atoms with Crippen molar-refractivity contribution in [1.82, 2.24) is 0 Å². The quantitative estimate of drug-likeness (QED) is 0.490. The van der Waals surface area contributed by atoms with E-state index in [2.05, 4.69) is 9.47 Å². The number of hydrogen-bond acceptors (Lipinski definition) is 4. The van der Waals surface area contributed by atoms with E-state index in [1.54, 1.807) is 0 Å². The monoisotopic (exact) mass is 188 g/mol. The molecular weight excluding hydrogens is 172 g/mol. The molecule has 0 spiro atoms.